The van der Waals surface area contributed by atoms with Crippen LogP contribution in [0.4, 0.5) is 0 Å². The largest absolute Gasteiger partial charge is 0.439 e. The van der Waals surface area contributed by atoms with Gasteiger partial charge in [-0.15, -0.1) is 0 Å². The monoisotopic (exact) mass is 331 g/mol. The van der Waals surface area contributed by atoms with Crippen LogP contribution in [0.25, 0.3) is 11.1 Å². The molecule has 0 aliphatic heterocycles. The summed E-state index contributed by atoms with van der Waals surface area (Å²) in [5, 5.41) is 0. The Balaban J connectivity index is 1.76. The minimum Gasteiger partial charge on any atom is -0.439 e. The smallest absolute Gasteiger partial charge is 0.212 e. The Kier molecular flexibility index (Phi) is 8.26. The number of nitrogens with two attached hydrogens (primary N) is 2. The highest BCUT2D eigenvalue weighted by Gasteiger charge is 2.13. The summed E-state index contributed by atoms with van der Waals surface area (Å²) in [5.74, 6) is 0.597. The van der Waals surface area contributed by atoms with Gasteiger partial charge in [0.2, 0.25) is 5.89 Å². The Labute approximate surface area is 146 Å². The van der Waals surface area contributed by atoms with Crippen LogP contribution in [0.1, 0.15) is 82.2 Å². The fraction of sp³-hybridized carbons (Fsp3) is 0.650. The van der Waals surface area contributed by atoms with Gasteiger partial charge in [0.15, 0.2) is 5.58 Å². The second kappa shape index (κ2) is 10.5. The van der Waals surface area contributed by atoms with Gasteiger partial charge in [0, 0.05) is 0 Å². The number of fused-ring (bicyclic) bond motifs is 1. The first-order valence-electron chi connectivity index (χ1n) is 9.59. The maximum Gasteiger partial charge on any atom is 0.212 e. The standard InChI is InChI=1S/C20H33N3O/c1-2-3-4-5-6-7-8-9-10-16-11-12-18-19(15-16)24-20(23-18)17(22)13-14-21/h11-12,15,17H,2-10,13-14,21-22H2,1H3. The molecule has 1 unspecified atom stereocenters. The van der Waals surface area contributed by atoms with Crippen molar-refractivity contribution in [3.63, 3.8) is 0 Å². The van der Waals surface area contributed by atoms with Gasteiger partial charge in [-0.2, -0.15) is 0 Å². The van der Waals surface area contributed by atoms with Crippen LogP contribution in [-0.4, -0.2) is 11.5 Å². The highest BCUT2D eigenvalue weighted by Crippen LogP contribution is 2.22. The van der Waals surface area contributed by atoms with Gasteiger partial charge in [0.25, 0.3) is 0 Å². The maximum absolute atomic E-state index is 6.03. The van der Waals surface area contributed by atoms with E-state index in [4.69, 9.17) is 15.9 Å². The van der Waals surface area contributed by atoms with Gasteiger partial charge in [0.1, 0.15) is 5.52 Å². The highest BCUT2D eigenvalue weighted by molar-refractivity contribution is 5.73. The van der Waals surface area contributed by atoms with Gasteiger partial charge >= 0.3 is 0 Å². The van der Waals surface area contributed by atoms with Crippen molar-refractivity contribution in [2.45, 2.75) is 77.2 Å². The van der Waals surface area contributed by atoms with Crippen molar-refractivity contribution in [3.8, 4) is 0 Å². The molecule has 4 nitrogen and oxygen atoms in total. The highest BCUT2D eigenvalue weighted by atomic mass is 16.3. The predicted molar refractivity (Wildman–Crippen MR) is 101 cm³/mol. The van der Waals surface area contributed by atoms with E-state index < -0.39 is 0 Å². The first-order valence-corrected chi connectivity index (χ1v) is 9.59. The number of benzene rings is 1. The number of aromatic nitrogens is 1. The normalized spacial score (nSPS) is 12.8. The molecule has 0 fully saturated rings. The Morgan fingerprint density at radius 2 is 1.75 bits per heavy atom. The van der Waals surface area contributed by atoms with Gasteiger partial charge < -0.3 is 15.9 Å². The molecule has 0 spiro atoms. The molecule has 0 amide bonds. The number of aryl methyl sites for hydroxylation is 1. The maximum atomic E-state index is 6.03. The third kappa shape index (κ3) is 5.91. The van der Waals surface area contributed by atoms with E-state index in [9.17, 15) is 0 Å². The zero-order valence-corrected chi connectivity index (χ0v) is 15.1. The SMILES string of the molecule is CCCCCCCCCCc1ccc2nc(C(N)CCN)oc2c1. The summed E-state index contributed by atoms with van der Waals surface area (Å²) in [6.45, 7) is 2.81. The van der Waals surface area contributed by atoms with E-state index in [1.165, 1.54) is 56.9 Å². The molecule has 1 aromatic carbocycles. The molecule has 134 valence electrons. The first-order chi connectivity index (χ1) is 11.7. The Morgan fingerprint density at radius 1 is 1.04 bits per heavy atom. The Bertz CT molecular complexity index is 594. The van der Waals surface area contributed by atoms with Gasteiger partial charge in [0.05, 0.1) is 6.04 Å². The van der Waals surface area contributed by atoms with Crippen LogP contribution in [-0.2, 0) is 6.42 Å². The predicted octanol–water partition coefficient (Wildman–Crippen LogP) is 4.86. The van der Waals surface area contributed by atoms with E-state index in [-0.39, 0.29) is 6.04 Å². The number of hydrogen-bond acceptors (Lipinski definition) is 4. The van der Waals surface area contributed by atoms with Gasteiger partial charge in [-0.1, -0.05) is 57.9 Å². The summed E-state index contributed by atoms with van der Waals surface area (Å²) in [7, 11) is 0. The van der Waals surface area contributed by atoms with Crippen molar-refractivity contribution < 1.29 is 4.42 Å². The van der Waals surface area contributed by atoms with Crippen molar-refractivity contribution in [1.82, 2.24) is 4.98 Å². The molecule has 0 saturated carbocycles. The Morgan fingerprint density at radius 3 is 2.46 bits per heavy atom. The van der Waals surface area contributed by atoms with Crippen molar-refractivity contribution >= 4 is 11.1 Å². The van der Waals surface area contributed by atoms with Crippen LogP contribution >= 0.6 is 0 Å². The van der Waals surface area contributed by atoms with E-state index in [0.29, 0.717) is 18.9 Å². The summed E-state index contributed by atoms with van der Waals surface area (Å²) in [6.07, 6.45) is 12.6. The molecule has 0 saturated heterocycles. The molecular weight excluding hydrogens is 298 g/mol. The fourth-order valence-electron chi connectivity index (χ4n) is 3.07. The lowest BCUT2D eigenvalue weighted by molar-refractivity contribution is 0.462. The number of oxazole rings is 1. The number of rotatable bonds is 12. The third-order valence-electron chi connectivity index (χ3n) is 4.58. The second-order valence-electron chi connectivity index (χ2n) is 6.76. The lowest BCUT2D eigenvalue weighted by atomic mass is 10.0. The molecule has 24 heavy (non-hydrogen) atoms. The van der Waals surface area contributed by atoms with Gasteiger partial charge in [-0.3, -0.25) is 0 Å². The minimum atomic E-state index is -0.210. The molecule has 2 rings (SSSR count). The van der Waals surface area contributed by atoms with Gasteiger partial charge in [-0.25, -0.2) is 4.98 Å². The van der Waals surface area contributed by atoms with E-state index >= 15 is 0 Å². The summed E-state index contributed by atoms with van der Waals surface area (Å²) >= 11 is 0. The fourth-order valence-corrected chi connectivity index (χ4v) is 3.07. The van der Waals surface area contributed by atoms with E-state index in [0.717, 1.165) is 17.5 Å². The van der Waals surface area contributed by atoms with Crippen LogP contribution in [0.5, 0.6) is 0 Å². The molecule has 1 heterocycles. The minimum absolute atomic E-state index is 0.210. The molecule has 2 aromatic rings. The summed E-state index contributed by atoms with van der Waals surface area (Å²) in [5.41, 5.74) is 14.6. The van der Waals surface area contributed by atoms with Crippen LogP contribution in [0.2, 0.25) is 0 Å². The topological polar surface area (TPSA) is 78.1 Å². The average Bonchev–Trinajstić information content (AvgIpc) is 3.01. The quantitative estimate of drug-likeness (QED) is 0.544. The molecule has 0 radical (unpaired) electrons. The number of nitrogens with zero attached hydrogens (tertiary/aromatic N) is 1. The molecule has 4 heteroatoms. The number of unbranched alkanes of at least 4 members (excludes halogenated alkanes) is 7. The summed E-state index contributed by atoms with van der Waals surface area (Å²) < 4.78 is 5.81. The molecule has 0 bridgehead atoms. The molecule has 0 aliphatic carbocycles. The van der Waals surface area contributed by atoms with E-state index in [2.05, 4.69) is 24.0 Å². The lowest BCUT2D eigenvalue weighted by Crippen LogP contribution is -2.15. The molecule has 1 aromatic heterocycles. The molecular formula is C20H33N3O. The van der Waals surface area contributed by atoms with E-state index in [1.54, 1.807) is 0 Å². The van der Waals surface area contributed by atoms with Crippen molar-refractivity contribution in [3.05, 3.63) is 29.7 Å². The third-order valence-corrected chi connectivity index (χ3v) is 4.58. The first kappa shape index (κ1) is 18.9. The number of hydrogen-bond donors (Lipinski definition) is 2. The summed E-state index contributed by atoms with van der Waals surface area (Å²) in [6, 6.07) is 6.10. The van der Waals surface area contributed by atoms with Crippen molar-refractivity contribution in [1.29, 1.82) is 0 Å². The van der Waals surface area contributed by atoms with Crippen LogP contribution in [0.3, 0.4) is 0 Å². The molecule has 0 aliphatic rings. The average molecular weight is 332 g/mol. The van der Waals surface area contributed by atoms with Crippen LogP contribution in [0, 0.1) is 0 Å². The second-order valence-corrected chi connectivity index (χ2v) is 6.76. The van der Waals surface area contributed by atoms with Crippen molar-refractivity contribution in [2.24, 2.45) is 11.5 Å². The van der Waals surface area contributed by atoms with Crippen LogP contribution < -0.4 is 11.5 Å². The van der Waals surface area contributed by atoms with E-state index in [1.807, 2.05) is 6.07 Å². The Hall–Kier alpha value is -1.39. The zero-order valence-electron chi connectivity index (χ0n) is 15.1. The molecule has 4 N–H and O–H groups in total. The molecule has 1 atom stereocenters. The lowest BCUT2D eigenvalue weighted by Gasteiger charge is -2.03. The van der Waals surface area contributed by atoms with Crippen LogP contribution in [0.15, 0.2) is 22.6 Å². The zero-order chi connectivity index (χ0) is 17.2. The van der Waals surface area contributed by atoms with Crippen molar-refractivity contribution in [2.75, 3.05) is 6.54 Å². The van der Waals surface area contributed by atoms with Gasteiger partial charge in [-0.05, 0) is 43.5 Å². The summed E-state index contributed by atoms with van der Waals surface area (Å²) in [4.78, 5) is 4.47.